The van der Waals surface area contributed by atoms with Crippen molar-refractivity contribution in [3.05, 3.63) is 100 Å². The Morgan fingerprint density at radius 3 is 2.59 bits per heavy atom. The number of carbonyl (C=O) groups is 1. The van der Waals surface area contributed by atoms with Gasteiger partial charge in [0.05, 0.1) is 18.4 Å². The molecule has 5 nitrogen and oxygen atoms in total. The van der Waals surface area contributed by atoms with E-state index in [0.717, 1.165) is 33.8 Å². The van der Waals surface area contributed by atoms with Crippen LogP contribution in [0.15, 0.2) is 78.7 Å². The number of halogens is 1. The van der Waals surface area contributed by atoms with Gasteiger partial charge in [-0.3, -0.25) is 4.79 Å². The normalized spacial score (nSPS) is 13.8. The maximum Gasteiger partial charge on any atom is 0.232 e. The molecule has 0 fully saturated rings. The third-order valence-electron chi connectivity index (χ3n) is 5.37. The molecule has 0 aliphatic carbocycles. The molecule has 5 rings (SSSR count). The lowest BCUT2D eigenvalue weighted by molar-refractivity contribution is 0.101. The summed E-state index contributed by atoms with van der Waals surface area (Å²) < 4.78 is 13.0. The first kappa shape index (κ1) is 20.1. The van der Waals surface area contributed by atoms with Crippen molar-refractivity contribution in [2.75, 3.05) is 7.11 Å². The van der Waals surface area contributed by atoms with Gasteiger partial charge >= 0.3 is 0 Å². The molecule has 0 unspecified atom stereocenters. The van der Waals surface area contributed by atoms with E-state index in [0.29, 0.717) is 16.3 Å². The SMILES string of the molecule is COc1ccc(-c2nn(-c3ccccc3)cc2/C=C2\Oc3ccc(Cl)cc3C2=O)c(C)c1. The molecular formula is C26H19ClN2O3. The maximum absolute atomic E-state index is 12.9. The lowest BCUT2D eigenvalue weighted by Crippen LogP contribution is -1.98. The Kier molecular flexibility index (Phi) is 5.04. The summed E-state index contributed by atoms with van der Waals surface area (Å²) in [6, 6.07) is 20.7. The fourth-order valence-corrected chi connectivity index (χ4v) is 3.92. The fraction of sp³-hybridized carbons (Fsp3) is 0.0769. The summed E-state index contributed by atoms with van der Waals surface area (Å²) in [7, 11) is 1.64. The number of methoxy groups -OCH3 is 1. The predicted molar refractivity (Wildman–Crippen MR) is 125 cm³/mol. The van der Waals surface area contributed by atoms with Gasteiger partial charge in [0, 0.05) is 22.3 Å². The fourth-order valence-electron chi connectivity index (χ4n) is 3.75. The number of rotatable bonds is 4. The number of aromatic nitrogens is 2. The maximum atomic E-state index is 12.9. The van der Waals surface area contributed by atoms with Gasteiger partial charge < -0.3 is 9.47 Å². The van der Waals surface area contributed by atoms with Crippen molar-refractivity contribution in [2.45, 2.75) is 6.92 Å². The van der Waals surface area contributed by atoms with Crippen LogP contribution in [0.2, 0.25) is 5.02 Å². The van der Waals surface area contributed by atoms with Gasteiger partial charge in [-0.25, -0.2) is 4.68 Å². The molecule has 0 saturated carbocycles. The number of aryl methyl sites for hydroxylation is 1. The van der Waals surface area contributed by atoms with E-state index in [1.54, 1.807) is 36.1 Å². The van der Waals surface area contributed by atoms with Crippen LogP contribution in [0.25, 0.3) is 23.0 Å². The second kappa shape index (κ2) is 8.02. The summed E-state index contributed by atoms with van der Waals surface area (Å²) in [5.74, 6) is 1.31. The second-order valence-corrected chi connectivity index (χ2v) is 7.91. The van der Waals surface area contributed by atoms with E-state index in [4.69, 9.17) is 26.2 Å². The van der Waals surface area contributed by atoms with Crippen LogP contribution in [-0.4, -0.2) is 22.7 Å². The second-order valence-electron chi connectivity index (χ2n) is 7.47. The highest BCUT2D eigenvalue weighted by Gasteiger charge is 2.28. The van der Waals surface area contributed by atoms with Gasteiger partial charge in [0.2, 0.25) is 5.78 Å². The van der Waals surface area contributed by atoms with Crippen LogP contribution < -0.4 is 9.47 Å². The Hall–Kier alpha value is -3.83. The molecule has 0 spiro atoms. The molecule has 0 bridgehead atoms. The van der Waals surface area contributed by atoms with Crippen LogP contribution in [0.4, 0.5) is 0 Å². The molecule has 158 valence electrons. The molecule has 0 amide bonds. The van der Waals surface area contributed by atoms with Gasteiger partial charge in [-0.15, -0.1) is 0 Å². The largest absolute Gasteiger partial charge is 0.497 e. The molecule has 4 aromatic rings. The number of Topliss-reactive ketones (excluding diaryl/α,β-unsaturated/α-hetero) is 1. The van der Waals surface area contributed by atoms with E-state index in [1.165, 1.54) is 0 Å². The van der Waals surface area contributed by atoms with Crippen molar-refractivity contribution < 1.29 is 14.3 Å². The number of benzene rings is 3. The number of nitrogens with zero attached hydrogens (tertiary/aromatic N) is 2. The summed E-state index contributed by atoms with van der Waals surface area (Å²) >= 11 is 6.06. The number of hydrogen-bond acceptors (Lipinski definition) is 4. The van der Waals surface area contributed by atoms with E-state index >= 15 is 0 Å². The number of para-hydroxylation sites is 1. The smallest absolute Gasteiger partial charge is 0.232 e. The van der Waals surface area contributed by atoms with Gasteiger partial charge in [-0.1, -0.05) is 29.8 Å². The highest BCUT2D eigenvalue weighted by molar-refractivity contribution is 6.31. The first-order valence-corrected chi connectivity index (χ1v) is 10.4. The monoisotopic (exact) mass is 442 g/mol. The Morgan fingerprint density at radius 2 is 1.84 bits per heavy atom. The minimum Gasteiger partial charge on any atom is -0.497 e. The van der Waals surface area contributed by atoms with E-state index in [9.17, 15) is 4.79 Å². The lowest BCUT2D eigenvalue weighted by atomic mass is 10.0. The minimum atomic E-state index is -0.202. The quantitative estimate of drug-likeness (QED) is 0.357. The van der Waals surface area contributed by atoms with Crippen LogP contribution in [0, 0.1) is 6.92 Å². The third-order valence-corrected chi connectivity index (χ3v) is 5.60. The number of carbonyl (C=O) groups excluding carboxylic acids is 1. The van der Waals surface area contributed by atoms with E-state index in [-0.39, 0.29) is 11.5 Å². The standard InChI is InChI=1S/C26H19ClN2O3/c1-16-12-20(31-2)9-10-21(16)25-17(15-29(28-25)19-6-4-3-5-7-19)13-24-26(30)22-14-18(27)8-11-23(22)32-24/h3-15H,1-2H3/b24-13-. The van der Waals surface area contributed by atoms with Crippen LogP contribution >= 0.6 is 11.6 Å². The predicted octanol–water partition coefficient (Wildman–Crippen LogP) is 6.13. The summed E-state index contributed by atoms with van der Waals surface area (Å²) in [4.78, 5) is 12.9. The van der Waals surface area contributed by atoms with Crippen molar-refractivity contribution in [2.24, 2.45) is 0 Å². The number of fused-ring (bicyclic) bond motifs is 1. The first-order valence-electron chi connectivity index (χ1n) is 10.1. The third kappa shape index (κ3) is 3.57. The number of hydrogen-bond donors (Lipinski definition) is 0. The van der Waals surface area contributed by atoms with Gasteiger partial charge in [0.15, 0.2) is 5.76 Å². The minimum absolute atomic E-state index is 0.202. The molecule has 1 aromatic heterocycles. The zero-order valence-corrected chi connectivity index (χ0v) is 18.3. The Balaban J connectivity index is 1.64. The van der Waals surface area contributed by atoms with Gasteiger partial charge in [0.25, 0.3) is 0 Å². The van der Waals surface area contributed by atoms with Crippen molar-refractivity contribution in [1.29, 1.82) is 0 Å². The van der Waals surface area contributed by atoms with E-state index < -0.39 is 0 Å². The Labute approximate surface area is 190 Å². The molecule has 32 heavy (non-hydrogen) atoms. The van der Waals surface area contributed by atoms with Crippen molar-refractivity contribution in [1.82, 2.24) is 9.78 Å². The van der Waals surface area contributed by atoms with Crippen LogP contribution in [0.3, 0.4) is 0 Å². The molecule has 3 aromatic carbocycles. The summed E-state index contributed by atoms with van der Waals surface area (Å²) in [6.45, 7) is 2.01. The summed E-state index contributed by atoms with van der Waals surface area (Å²) in [5, 5.41) is 5.33. The zero-order chi connectivity index (χ0) is 22.2. The van der Waals surface area contributed by atoms with Crippen LogP contribution in [0.5, 0.6) is 11.5 Å². The van der Waals surface area contributed by atoms with Crippen molar-refractivity contribution in [3.63, 3.8) is 0 Å². The Bertz CT molecular complexity index is 1370. The highest BCUT2D eigenvalue weighted by Crippen LogP contribution is 2.36. The molecule has 6 heteroatoms. The number of allylic oxidation sites excluding steroid dienone is 1. The first-order chi connectivity index (χ1) is 15.5. The number of ketones is 1. The molecule has 0 N–H and O–H groups in total. The zero-order valence-electron chi connectivity index (χ0n) is 17.5. The molecule has 0 atom stereocenters. The van der Waals surface area contributed by atoms with Crippen molar-refractivity contribution in [3.8, 4) is 28.4 Å². The van der Waals surface area contributed by atoms with Crippen LogP contribution in [0.1, 0.15) is 21.5 Å². The molecule has 2 heterocycles. The lowest BCUT2D eigenvalue weighted by Gasteiger charge is -2.07. The molecule has 1 aliphatic rings. The van der Waals surface area contributed by atoms with Gasteiger partial charge in [-0.2, -0.15) is 5.10 Å². The van der Waals surface area contributed by atoms with Gasteiger partial charge in [-0.05, 0) is 67.1 Å². The molecular weight excluding hydrogens is 424 g/mol. The average molecular weight is 443 g/mol. The van der Waals surface area contributed by atoms with Crippen LogP contribution in [-0.2, 0) is 0 Å². The summed E-state index contributed by atoms with van der Waals surface area (Å²) in [6.07, 6.45) is 3.63. The van der Waals surface area contributed by atoms with E-state index in [2.05, 4.69) is 0 Å². The number of ether oxygens (including phenoxy) is 2. The highest BCUT2D eigenvalue weighted by atomic mass is 35.5. The molecule has 0 saturated heterocycles. The Morgan fingerprint density at radius 1 is 1.03 bits per heavy atom. The molecule has 0 radical (unpaired) electrons. The molecule has 1 aliphatic heterocycles. The summed E-state index contributed by atoms with van der Waals surface area (Å²) in [5.41, 5.74) is 4.84. The topological polar surface area (TPSA) is 53.4 Å². The van der Waals surface area contributed by atoms with Gasteiger partial charge in [0.1, 0.15) is 17.2 Å². The average Bonchev–Trinajstić information content (AvgIpc) is 3.36. The van der Waals surface area contributed by atoms with Crippen molar-refractivity contribution >= 4 is 23.5 Å². The van der Waals surface area contributed by atoms with E-state index in [1.807, 2.05) is 61.7 Å².